The summed E-state index contributed by atoms with van der Waals surface area (Å²) >= 11 is 0. The van der Waals surface area contributed by atoms with Gasteiger partial charge in [-0.1, -0.05) is 24.3 Å². The highest BCUT2D eigenvalue weighted by molar-refractivity contribution is 5.74. The SMILES string of the molecule is O=Cc1ccc(COc2ccc(-c3ccnn3C3CCCCO3)nc2)cc1. The summed E-state index contributed by atoms with van der Waals surface area (Å²) in [5.74, 6) is 0.693. The van der Waals surface area contributed by atoms with E-state index in [4.69, 9.17) is 9.47 Å². The van der Waals surface area contributed by atoms with Gasteiger partial charge in [-0.25, -0.2) is 4.68 Å². The Morgan fingerprint density at radius 3 is 2.74 bits per heavy atom. The van der Waals surface area contributed by atoms with Crippen molar-refractivity contribution < 1.29 is 14.3 Å². The van der Waals surface area contributed by atoms with E-state index in [-0.39, 0.29) is 6.23 Å². The Morgan fingerprint density at radius 1 is 1.15 bits per heavy atom. The number of rotatable bonds is 6. The molecule has 6 nitrogen and oxygen atoms in total. The van der Waals surface area contributed by atoms with Crippen molar-refractivity contribution in [3.05, 3.63) is 66.0 Å². The molecule has 1 aromatic carbocycles. The van der Waals surface area contributed by atoms with Gasteiger partial charge >= 0.3 is 0 Å². The lowest BCUT2D eigenvalue weighted by Gasteiger charge is -2.24. The van der Waals surface area contributed by atoms with Crippen LogP contribution in [0.15, 0.2) is 54.9 Å². The van der Waals surface area contributed by atoms with E-state index in [0.717, 1.165) is 49.1 Å². The number of benzene rings is 1. The Kier molecular flexibility index (Phi) is 5.25. The number of aldehydes is 1. The van der Waals surface area contributed by atoms with Crippen LogP contribution in [-0.2, 0) is 11.3 Å². The van der Waals surface area contributed by atoms with E-state index in [9.17, 15) is 4.79 Å². The standard InChI is InChI=1S/C21H21N3O3/c25-14-16-4-6-17(7-5-16)15-27-18-8-9-19(22-13-18)20-10-11-23-24(20)21-3-1-2-12-26-21/h4-11,13-14,21H,1-3,12,15H2. The van der Waals surface area contributed by atoms with Gasteiger partial charge in [0.05, 0.1) is 17.6 Å². The Morgan fingerprint density at radius 2 is 2.04 bits per heavy atom. The second-order valence-corrected chi connectivity index (χ2v) is 6.51. The van der Waals surface area contributed by atoms with E-state index in [0.29, 0.717) is 17.9 Å². The molecular weight excluding hydrogens is 342 g/mol. The molecule has 3 aromatic rings. The summed E-state index contributed by atoms with van der Waals surface area (Å²) in [7, 11) is 0. The molecule has 27 heavy (non-hydrogen) atoms. The molecule has 6 heteroatoms. The summed E-state index contributed by atoms with van der Waals surface area (Å²) in [4.78, 5) is 15.2. The third-order valence-corrected chi connectivity index (χ3v) is 4.62. The minimum absolute atomic E-state index is 0.0178. The summed E-state index contributed by atoms with van der Waals surface area (Å²) < 4.78 is 13.5. The van der Waals surface area contributed by atoms with Crippen LogP contribution in [0.25, 0.3) is 11.4 Å². The molecule has 1 atom stereocenters. The Bertz CT molecular complexity index is 882. The zero-order valence-corrected chi connectivity index (χ0v) is 15.0. The topological polar surface area (TPSA) is 66.2 Å². The normalized spacial score (nSPS) is 16.8. The maximum absolute atomic E-state index is 10.7. The predicted octanol–water partition coefficient (Wildman–Crippen LogP) is 4.04. The molecule has 0 saturated carbocycles. The average Bonchev–Trinajstić information content (AvgIpc) is 3.23. The van der Waals surface area contributed by atoms with Crippen LogP contribution in [0.1, 0.15) is 41.4 Å². The third-order valence-electron chi connectivity index (χ3n) is 4.62. The van der Waals surface area contributed by atoms with Crippen LogP contribution in [0.2, 0.25) is 0 Å². The molecule has 138 valence electrons. The molecule has 1 saturated heterocycles. The highest BCUT2D eigenvalue weighted by Crippen LogP contribution is 2.28. The molecule has 4 rings (SSSR count). The molecule has 0 radical (unpaired) electrons. The zero-order valence-electron chi connectivity index (χ0n) is 15.0. The van der Waals surface area contributed by atoms with Gasteiger partial charge in [0.15, 0.2) is 6.23 Å². The van der Waals surface area contributed by atoms with Crippen molar-refractivity contribution in [1.82, 2.24) is 14.8 Å². The van der Waals surface area contributed by atoms with Gasteiger partial charge in [0.2, 0.25) is 0 Å². The van der Waals surface area contributed by atoms with Crippen molar-refractivity contribution in [2.75, 3.05) is 6.61 Å². The number of carbonyl (C=O) groups excluding carboxylic acids is 1. The van der Waals surface area contributed by atoms with E-state index in [1.54, 1.807) is 24.5 Å². The minimum atomic E-state index is -0.0178. The van der Waals surface area contributed by atoms with Gasteiger partial charge in [0, 0.05) is 18.4 Å². The lowest BCUT2D eigenvalue weighted by atomic mass is 10.1. The molecule has 2 aromatic heterocycles. The first-order valence-electron chi connectivity index (χ1n) is 9.12. The number of aromatic nitrogens is 3. The summed E-state index contributed by atoms with van der Waals surface area (Å²) in [5, 5.41) is 4.42. The fraction of sp³-hybridized carbons (Fsp3) is 0.286. The number of pyridine rings is 1. The van der Waals surface area contributed by atoms with Gasteiger partial charge in [-0.2, -0.15) is 5.10 Å². The predicted molar refractivity (Wildman–Crippen MR) is 100 cm³/mol. The van der Waals surface area contributed by atoms with Crippen molar-refractivity contribution >= 4 is 6.29 Å². The molecule has 3 heterocycles. The highest BCUT2D eigenvalue weighted by atomic mass is 16.5. The highest BCUT2D eigenvalue weighted by Gasteiger charge is 2.19. The molecule has 1 fully saturated rings. The lowest BCUT2D eigenvalue weighted by molar-refractivity contribution is -0.0384. The first-order chi connectivity index (χ1) is 13.3. The second-order valence-electron chi connectivity index (χ2n) is 6.51. The quantitative estimate of drug-likeness (QED) is 0.619. The largest absolute Gasteiger partial charge is 0.487 e. The van der Waals surface area contributed by atoms with Gasteiger partial charge in [0.1, 0.15) is 18.6 Å². The summed E-state index contributed by atoms with van der Waals surface area (Å²) in [5.41, 5.74) is 3.43. The molecule has 0 aliphatic carbocycles. The average molecular weight is 363 g/mol. The molecule has 0 N–H and O–H groups in total. The van der Waals surface area contributed by atoms with E-state index >= 15 is 0 Å². The van der Waals surface area contributed by atoms with Crippen LogP contribution in [0.5, 0.6) is 5.75 Å². The Labute approximate surface area is 157 Å². The zero-order chi connectivity index (χ0) is 18.5. The summed E-state index contributed by atoms with van der Waals surface area (Å²) in [6, 6.07) is 13.1. The molecular formula is C21H21N3O3. The van der Waals surface area contributed by atoms with Crippen molar-refractivity contribution in [1.29, 1.82) is 0 Å². The van der Waals surface area contributed by atoms with Crippen molar-refractivity contribution in [2.45, 2.75) is 32.1 Å². The number of hydrogen-bond donors (Lipinski definition) is 0. The van der Waals surface area contributed by atoms with Gasteiger partial charge < -0.3 is 9.47 Å². The first-order valence-corrected chi connectivity index (χ1v) is 9.12. The van der Waals surface area contributed by atoms with Crippen LogP contribution >= 0.6 is 0 Å². The third kappa shape index (κ3) is 4.06. The Balaban J connectivity index is 1.43. The van der Waals surface area contributed by atoms with Crippen molar-refractivity contribution in [2.24, 2.45) is 0 Å². The molecule has 0 spiro atoms. The number of nitrogens with zero attached hydrogens (tertiary/aromatic N) is 3. The van der Waals surface area contributed by atoms with Crippen LogP contribution < -0.4 is 4.74 Å². The van der Waals surface area contributed by atoms with Crippen LogP contribution in [0, 0.1) is 0 Å². The van der Waals surface area contributed by atoms with Gasteiger partial charge in [-0.3, -0.25) is 9.78 Å². The van der Waals surface area contributed by atoms with E-state index in [2.05, 4.69) is 10.1 Å². The maximum Gasteiger partial charge on any atom is 0.150 e. The van der Waals surface area contributed by atoms with Crippen molar-refractivity contribution in [3.63, 3.8) is 0 Å². The summed E-state index contributed by atoms with van der Waals surface area (Å²) in [6.07, 6.45) is 7.54. The van der Waals surface area contributed by atoms with Crippen LogP contribution in [0.3, 0.4) is 0 Å². The molecule has 0 bridgehead atoms. The number of ether oxygens (including phenoxy) is 2. The lowest BCUT2D eigenvalue weighted by Crippen LogP contribution is -2.20. The number of carbonyl (C=O) groups is 1. The Hall–Kier alpha value is -2.99. The van der Waals surface area contributed by atoms with Crippen LogP contribution in [0.4, 0.5) is 0 Å². The summed E-state index contributed by atoms with van der Waals surface area (Å²) in [6.45, 7) is 1.20. The molecule has 1 aliphatic rings. The van der Waals surface area contributed by atoms with Crippen molar-refractivity contribution in [3.8, 4) is 17.1 Å². The van der Waals surface area contributed by atoms with Crippen LogP contribution in [-0.4, -0.2) is 27.7 Å². The molecule has 1 aliphatic heterocycles. The van der Waals surface area contributed by atoms with Gasteiger partial charge in [0.25, 0.3) is 0 Å². The minimum Gasteiger partial charge on any atom is -0.487 e. The molecule has 0 amide bonds. The van der Waals surface area contributed by atoms with E-state index in [1.165, 1.54) is 0 Å². The van der Waals surface area contributed by atoms with Gasteiger partial charge in [-0.15, -0.1) is 0 Å². The molecule has 1 unspecified atom stereocenters. The maximum atomic E-state index is 10.7. The fourth-order valence-electron chi connectivity index (χ4n) is 3.14. The second kappa shape index (κ2) is 8.14. The fourth-order valence-corrected chi connectivity index (χ4v) is 3.14. The first kappa shape index (κ1) is 17.4. The number of hydrogen-bond acceptors (Lipinski definition) is 5. The van der Waals surface area contributed by atoms with Gasteiger partial charge in [-0.05, 0) is 43.0 Å². The monoisotopic (exact) mass is 363 g/mol. The smallest absolute Gasteiger partial charge is 0.150 e. The van der Waals surface area contributed by atoms with E-state index < -0.39 is 0 Å². The van der Waals surface area contributed by atoms with E-state index in [1.807, 2.05) is 35.0 Å².